The normalized spacial score (nSPS) is 28.8. The second-order valence-corrected chi connectivity index (χ2v) is 3.38. The van der Waals surface area contributed by atoms with Gasteiger partial charge in [0.25, 0.3) is 0 Å². The summed E-state index contributed by atoms with van der Waals surface area (Å²) in [6.07, 6.45) is 5.54. The van der Waals surface area contributed by atoms with Gasteiger partial charge < -0.3 is 0 Å². The Kier molecular flexibility index (Phi) is 5.76. The second-order valence-electron chi connectivity index (χ2n) is 3.38. The Bertz CT molecular complexity index is 62.4. The van der Waals surface area contributed by atoms with Crippen LogP contribution in [0.1, 0.15) is 53.4 Å². The van der Waals surface area contributed by atoms with Crippen LogP contribution in [-0.2, 0) is 0 Å². The maximum atomic E-state index is 2.33. The van der Waals surface area contributed by atoms with Gasteiger partial charge in [0.2, 0.25) is 0 Å². The number of rotatable bonds is 2. The molecule has 0 amide bonds. The monoisotopic (exact) mass is 142 g/mol. The average molecular weight is 142 g/mol. The van der Waals surface area contributed by atoms with Crippen LogP contribution in [-0.4, -0.2) is 0 Å². The van der Waals surface area contributed by atoms with Crippen LogP contribution in [0.25, 0.3) is 0 Å². The highest BCUT2D eigenvalue weighted by Crippen LogP contribution is 2.39. The van der Waals surface area contributed by atoms with E-state index in [-0.39, 0.29) is 0 Å². The van der Waals surface area contributed by atoms with Gasteiger partial charge in [-0.15, -0.1) is 0 Å². The van der Waals surface area contributed by atoms with Gasteiger partial charge in [0, 0.05) is 0 Å². The predicted octanol–water partition coefficient (Wildman–Crippen LogP) is 3.86. The summed E-state index contributed by atoms with van der Waals surface area (Å²) in [4.78, 5) is 0. The maximum Gasteiger partial charge on any atom is -0.0388 e. The molecule has 2 unspecified atom stereocenters. The van der Waals surface area contributed by atoms with Crippen LogP contribution in [0, 0.1) is 11.8 Å². The number of unbranched alkanes of at least 4 members (excludes halogenated alkanes) is 1. The Morgan fingerprint density at radius 1 is 1.10 bits per heavy atom. The molecule has 0 aliphatic heterocycles. The van der Waals surface area contributed by atoms with Gasteiger partial charge in [0.05, 0.1) is 0 Å². The fourth-order valence-corrected chi connectivity index (χ4v) is 0.968. The second kappa shape index (κ2) is 5.76. The van der Waals surface area contributed by atoms with E-state index in [0.29, 0.717) is 0 Å². The van der Waals surface area contributed by atoms with E-state index in [9.17, 15) is 0 Å². The van der Waals surface area contributed by atoms with Crippen molar-refractivity contribution in [3.05, 3.63) is 0 Å². The lowest BCUT2D eigenvalue weighted by Crippen LogP contribution is -1.68. The minimum absolute atomic E-state index is 1.06. The molecule has 0 aromatic heterocycles. The molecule has 0 saturated heterocycles. The highest BCUT2D eigenvalue weighted by molar-refractivity contribution is 4.80. The van der Waals surface area contributed by atoms with Crippen molar-refractivity contribution in [2.24, 2.45) is 11.8 Å². The topological polar surface area (TPSA) is 0 Å². The summed E-state index contributed by atoms with van der Waals surface area (Å²) in [5.74, 6) is 2.17. The summed E-state index contributed by atoms with van der Waals surface area (Å²) < 4.78 is 0. The standard InChI is InChI=1S/C6H12.C4H10/c1-3-6-4-5(6)2;1-3-4-2/h5-6H,3-4H2,1-2H3;3-4H2,1-2H3. The van der Waals surface area contributed by atoms with E-state index in [0.717, 1.165) is 11.8 Å². The molecule has 0 nitrogen and oxygen atoms in total. The summed E-state index contributed by atoms with van der Waals surface area (Å²) in [5, 5.41) is 0. The van der Waals surface area contributed by atoms with E-state index in [1.165, 1.54) is 25.7 Å². The van der Waals surface area contributed by atoms with Crippen LogP contribution >= 0.6 is 0 Å². The zero-order valence-corrected chi connectivity index (χ0v) is 7.98. The third-order valence-electron chi connectivity index (χ3n) is 2.30. The molecule has 2 atom stereocenters. The first kappa shape index (κ1) is 10.0. The lowest BCUT2D eigenvalue weighted by molar-refractivity contribution is 0.724. The lowest BCUT2D eigenvalue weighted by atomic mass is 10.3. The van der Waals surface area contributed by atoms with Crippen molar-refractivity contribution >= 4 is 0 Å². The molecular weight excluding hydrogens is 120 g/mol. The van der Waals surface area contributed by atoms with Crippen molar-refractivity contribution in [1.82, 2.24) is 0 Å². The summed E-state index contributed by atoms with van der Waals surface area (Å²) >= 11 is 0. The van der Waals surface area contributed by atoms with Crippen LogP contribution in [0.2, 0.25) is 0 Å². The molecule has 0 spiro atoms. The minimum Gasteiger partial charge on any atom is -0.0654 e. The molecule has 1 rings (SSSR count). The first-order valence-electron chi connectivity index (χ1n) is 4.76. The maximum absolute atomic E-state index is 2.33. The molecule has 0 aromatic rings. The SMILES string of the molecule is CCC1CC1C.CCCC. The van der Waals surface area contributed by atoms with Crippen LogP contribution in [0.3, 0.4) is 0 Å². The summed E-state index contributed by atoms with van der Waals surface area (Å²) in [7, 11) is 0. The molecule has 10 heavy (non-hydrogen) atoms. The molecule has 0 N–H and O–H groups in total. The Labute approximate surface area is 66.0 Å². The third-order valence-corrected chi connectivity index (χ3v) is 2.30. The smallest absolute Gasteiger partial charge is 0.0388 e. The number of hydrogen-bond acceptors (Lipinski definition) is 0. The molecule has 0 radical (unpaired) electrons. The van der Waals surface area contributed by atoms with Crippen molar-refractivity contribution in [1.29, 1.82) is 0 Å². The lowest BCUT2D eigenvalue weighted by Gasteiger charge is -1.79. The summed E-state index contributed by atoms with van der Waals surface area (Å²) in [6, 6.07) is 0. The van der Waals surface area contributed by atoms with Gasteiger partial charge in [-0.3, -0.25) is 0 Å². The molecular formula is C10H22. The van der Waals surface area contributed by atoms with E-state index < -0.39 is 0 Å². The van der Waals surface area contributed by atoms with Crippen LogP contribution in [0.4, 0.5) is 0 Å². The quantitative estimate of drug-likeness (QED) is 0.549. The molecule has 1 aliphatic carbocycles. The third kappa shape index (κ3) is 4.84. The fourth-order valence-electron chi connectivity index (χ4n) is 0.968. The Morgan fingerprint density at radius 3 is 1.50 bits per heavy atom. The van der Waals surface area contributed by atoms with Gasteiger partial charge in [-0.2, -0.15) is 0 Å². The van der Waals surface area contributed by atoms with Crippen LogP contribution < -0.4 is 0 Å². The van der Waals surface area contributed by atoms with Gasteiger partial charge in [0.1, 0.15) is 0 Å². The number of hydrogen-bond donors (Lipinski definition) is 0. The van der Waals surface area contributed by atoms with Crippen LogP contribution in [0.5, 0.6) is 0 Å². The van der Waals surface area contributed by atoms with Crippen molar-refractivity contribution in [3.63, 3.8) is 0 Å². The molecule has 0 heteroatoms. The van der Waals surface area contributed by atoms with Gasteiger partial charge in [0.15, 0.2) is 0 Å². The highest BCUT2D eigenvalue weighted by Gasteiger charge is 2.29. The summed E-state index contributed by atoms with van der Waals surface area (Å²) in [6.45, 7) is 8.96. The molecule has 0 aromatic carbocycles. The van der Waals surface area contributed by atoms with Gasteiger partial charge in [-0.05, 0) is 18.3 Å². The van der Waals surface area contributed by atoms with Gasteiger partial charge in [-0.25, -0.2) is 0 Å². The predicted molar refractivity (Wildman–Crippen MR) is 48.1 cm³/mol. The Balaban J connectivity index is 0.000000180. The van der Waals surface area contributed by atoms with Crippen molar-refractivity contribution in [2.75, 3.05) is 0 Å². The fraction of sp³-hybridized carbons (Fsp3) is 1.00. The Hall–Kier alpha value is 0. The molecule has 1 saturated carbocycles. The zero-order chi connectivity index (χ0) is 7.98. The summed E-state index contributed by atoms with van der Waals surface area (Å²) in [5.41, 5.74) is 0. The molecule has 0 heterocycles. The molecule has 0 bridgehead atoms. The van der Waals surface area contributed by atoms with E-state index in [4.69, 9.17) is 0 Å². The van der Waals surface area contributed by atoms with Crippen molar-refractivity contribution in [2.45, 2.75) is 53.4 Å². The zero-order valence-electron chi connectivity index (χ0n) is 7.98. The van der Waals surface area contributed by atoms with Gasteiger partial charge in [-0.1, -0.05) is 47.0 Å². The first-order valence-corrected chi connectivity index (χ1v) is 4.76. The van der Waals surface area contributed by atoms with Crippen molar-refractivity contribution in [3.8, 4) is 0 Å². The van der Waals surface area contributed by atoms with Crippen LogP contribution in [0.15, 0.2) is 0 Å². The molecule has 1 aliphatic rings. The van der Waals surface area contributed by atoms with Gasteiger partial charge >= 0.3 is 0 Å². The Morgan fingerprint density at radius 2 is 1.50 bits per heavy atom. The van der Waals surface area contributed by atoms with Crippen molar-refractivity contribution < 1.29 is 0 Å². The van der Waals surface area contributed by atoms with E-state index in [2.05, 4.69) is 27.7 Å². The minimum atomic E-state index is 1.06. The molecule has 1 fully saturated rings. The van der Waals surface area contributed by atoms with E-state index >= 15 is 0 Å². The average Bonchev–Trinajstić information content (AvgIpc) is 2.67. The first-order chi connectivity index (χ1) is 4.76. The largest absolute Gasteiger partial charge is 0.0654 e. The highest BCUT2D eigenvalue weighted by atomic mass is 14.3. The van der Waals surface area contributed by atoms with E-state index in [1.807, 2.05) is 0 Å². The molecule has 62 valence electrons. The van der Waals surface area contributed by atoms with E-state index in [1.54, 1.807) is 0 Å².